The topological polar surface area (TPSA) is 96.6 Å². The molecular weight excluding hydrogens is 320 g/mol. The predicted molar refractivity (Wildman–Crippen MR) is 90.6 cm³/mol. The molecule has 0 aliphatic carbocycles. The Morgan fingerprint density at radius 1 is 1.36 bits per heavy atom. The van der Waals surface area contributed by atoms with E-state index < -0.39 is 11.9 Å². The molecule has 126 valence electrons. The van der Waals surface area contributed by atoms with E-state index in [1.165, 1.54) is 6.33 Å². The molecule has 25 heavy (non-hydrogen) atoms. The number of nitrogens with zero attached hydrogens (tertiary/aromatic N) is 3. The molecule has 1 unspecified atom stereocenters. The number of aromatic nitrogens is 3. The van der Waals surface area contributed by atoms with Gasteiger partial charge in [-0.2, -0.15) is 5.10 Å². The Morgan fingerprint density at radius 2 is 2.16 bits per heavy atom. The van der Waals surface area contributed by atoms with Crippen molar-refractivity contribution in [3.05, 3.63) is 59.2 Å². The Morgan fingerprint density at radius 3 is 2.96 bits per heavy atom. The lowest BCUT2D eigenvalue weighted by atomic mass is 9.95. The summed E-state index contributed by atoms with van der Waals surface area (Å²) in [6.45, 7) is 1.91. The van der Waals surface area contributed by atoms with Crippen LogP contribution < -0.4 is 5.32 Å². The second kappa shape index (κ2) is 5.70. The third-order valence-electron chi connectivity index (χ3n) is 4.63. The summed E-state index contributed by atoms with van der Waals surface area (Å²) in [7, 11) is 0. The lowest BCUT2D eigenvalue weighted by Crippen LogP contribution is -2.16. The summed E-state index contributed by atoms with van der Waals surface area (Å²) in [6.07, 6.45) is 3.71. The van der Waals surface area contributed by atoms with Crippen molar-refractivity contribution < 1.29 is 14.7 Å². The molecule has 0 spiro atoms. The van der Waals surface area contributed by atoms with Gasteiger partial charge in [0, 0.05) is 18.3 Å². The average Bonchev–Trinajstić information content (AvgIpc) is 3.09. The number of hydrogen-bond acceptors (Lipinski definition) is 4. The van der Waals surface area contributed by atoms with Crippen molar-refractivity contribution in [3.63, 3.8) is 0 Å². The molecule has 3 aromatic rings. The molecule has 0 saturated heterocycles. The maximum absolute atomic E-state index is 12.5. The van der Waals surface area contributed by atoms with E-state index in [0.29, 0.717) is 12.1 Å². The Balaban J connectivity index is 1.86. The zero-order valence-corrected chi connectivity index (χ0v) is 13.6. The van der Waals surface area contributed by atoms with E-state index in [4.69, 9.17) is 5.11 Å². The van der Waals surface area contributed by atoms with Crippen LogP contribution in [0, 0.1) is 6.92 Å². The highest BCUT2D eigenvalue weighted by Gasteiger charge is 2.34. The zero-order chi connectivity index (χ0) is 17.6. The number of rotatable bonds is 4. The minimum absolute atomic E-state index is 0.0488. The van der Waals surface area contributed by atoms with Crippen LogP contribution in [0.15, 0.2) is 36.8 Å². The third-order valence-corrected chi connectivity index (χ3v) is 4.63. The van der Waals surface area contributed by atoms with E-state index in [1.54, 1.807) is 4.52 Å². The summed E-state index contributed by atoms with van der Waals surface area (Å²) >= 11 is 0. The Hall–Kier alpha value is -3.22. The Kier molecular flexibility index (Phi) is 3.49. The molecule has 4 rings (SSSR count). The summed E-state index contributed by atoms with van der Waals surface area (Å²) < 4.78 is 1.68. The van der Waals surface area contributed by atoms with Gasteiger partial charge >= 0.3 is 5.97 Å². The summed E-state index contributed by atoms with van der Waals surface area (Å²) in [5, 5.41) is 16.0. The smallest absolute Gasteiger partial charge is 0.303 e. The number of carbonyl (C=O) groups is 2. The second-order valence-electron chi connectivity index (χ2n) is 6.12. The van der Waals surface area contributed by atoms with Crippen molar-refractivity contribution in [1.29, 1.82) is 0 Å². The maximum atomic E-state index is 12.5. The first-order valence-corrected chi connectivity index (χ1v) is 7.99. The SMILES string of the molecule is Cc1c(CCC(=O)O)cn2ncnc(C3C(=O)Nc4ccccc43)c12. The summed E-state index contributed by atoms with van der Waals surface area (Å²) in [6, 6.07) is 7.56. The van der Waals surface area contributed by atoms with Crippen LogP contribution in [0.1, 0.15) is 34.7 Å². The molecule has 1 amide bonds. The van der Waals surface area contributed by atoms with Gasteiger partial charge in [-0.25, -0.2) is 9.50 Å². The van der Waals surface area contributed by atoms with E-state index in [2.05, 4.69) is 15.4 Å². The van der Waals surface area contributed by atoms with Crippen LogP contribution in [0.5, 0.6) is 0 Å². The van der Waals surface area contributed by atoms with E-state index in [-0.39, 0.29) is 12.3 Å². The van der Waals surface area contributed by atoms with Gasteiger partial charge in [-0.3, -0.25) is 9.59 Å². The number of para-hydroxylation sites is 1. The molecule has 1 aliphatic heterocycles. The van der Waals surface area contributed by atoms with Gasteiger partial charge in [0.2, 0.25) is 5.91 Å². The van der Waals surface area contributed by atoms with Crippen LogP contribution in [0.3, 0.4) is 0 Å². The van der Waals surface area contributed by atoms with Gasteiger partial charge in [-0.1, -0.05) is 18.2 Å². The van der Waals surface area contributed by atoms with Crippen molar-refractivity contribution in [2.45, 2.75) is 25.7 Å². The number of carboxylic acid groups (broad SMARTS) is 1. The van der Waals surface area contributed by atoms with E-state index in [1.807, 2.05) is 37.4 Å². The molecular formula is C18H16N4O3. The first-order valence-electron chi connectivity index (χ1n) is 7.99. The van der Waals surface area contributed by atoms with Crippen LogP contribution in [0.25, 0.3) is 5.52 Å². The zero-order valence-electron chi connectivity index (χ0n) is 13.6. The number of benzene rings is 1. The van der Waals surface area contributed by atoms with Crippen LogP contribution in [0.4, 0.5) is 5.69 Å². The third kappa shape index (κ3) is 2.44. The summed E-state index contributed by atoms with van der Waals surface area (Å²) in [4.78, 5) is 27.8. The number of amides is 1. The van der Waals surface area contributed by atoms with Crippen LogP contribution in [-0.4, -0.2) is 31.6 Å². The van der Waals surface area contributed by atoms with Crippen molar-refractivity contribution in [2.24, 2.45) is 0 Å². The molecule has 1 atom stereocenters. The number of carbonyl (C=O) groups excluding carboxylic acids is 1. The highest BCUT2D eigenvalue weighted by atomic mass is 16.4. The number of fused-ring (bicyclic) bond motifs is 2. The number of nitrogens with one attached hydrogen (secondary N) is 1. The van der Waals surface area contributed by atoms with Gasteiger partial charge in [0.15, 0.2) is 0 Å². The largest absolute Gasteiger partial charge is 0.481 e. The molecule has 7 nitrogen and oxygen atoms in total. The van der Waals surface area contributed by atoms with Crippen molar-refractivity contribution >= 4 is 23.1 Å². The molecule has 0 fully saturated rings. The van der Waals surface area contributed by atoms with Crippen LogP contribution in [0.2, 0.25) is 0 Å². The monoisotopic (exact) mass is 336 g/mol. The highest BCUT2D eigenvalue weighted by Crippen LogP contribution is 2.38. The summed E-state index contributed by atoms with van der Waals surface area (Å²) in [5.41, 5.74) is 4.89. The Labute approximate surface area is 143 Å². The lowest BCUT2D eigenvalue weighted by Gasteiger charge is -2.10. The molecule has 2 N–H and O–H groups in total. The van der Waals surface area contributed by atoms with Crippen molar-refractivity contribution in [3.8, 4) is 0 Å². The van der Waals surface area contributed by atoms with Gasteiger partial charge in [0.05, 0.1) is 11.2 Å². The number of aryl methyl sites for hydroxylation is 2. The predicted octanol–water partition coefficient (Wildman–Crippen LogP) is 2.14. The molecule has 0 bridgehead atoms. The fourth-order valence-electron chi connectivity index (χ4n) is 3.42. The average molecular weight is 336 g/mol. The maximum Gasteiger partial charge on any atom is 0.303 e. The molecule has 0 radical (unpaired) electrons. The fourth-order valence-corrected chi connectivity index (χ4v) is 3.42. The number of carboxylic acids is 1. The van der Waals surface area contributed by atoms with E-state index in [0.717, 1.165) is 27.9 Å². The van der Waals surface area contributed by atoms with Crippen molar-refractivity contribution in [1.82, 2.24) is 14.6 Å². The molecule has 1 aliphatic rings. The molecule has 0 saturated carbocycles. The lowest BCUT2D eigenvalue weighted by molar-refractivity contribution is -0.137. The fraction of sp³-hybridized carbons (Fsp3) is 0.222. The standard InChI is InChI=1S/C18H16N4O3/c1-10-11(6-7-14(23)24)8-22-17(10)16(19-9-20-22)15-12-4-2-3-5-13(12)21-18(15)25/h2-5,8-9,15H,6-7H2,1H3,(H,21,25)(H,23,24). The second-order valence-corrected chi connectivity index (χ2v) is 6.12. The van der Waals surface area contributed by atoms with Crippen molar-refractivity contribution in [2.75, 3.05) is 5.32 Å². The Bertz CT molecular complexity index is 1010. The number of hydrogen-bond donors (Lipinski definition) is 2. The van der Waals surface area contributed by atoms with Crippen LogP contribution >= 0.6 is 0 Å². The molecule has 7 heteroatoms. The van der Waals surface area contributed by atoms with Gasteiger partial charge in [-0.05, 0) is 36.1 Å². The molecule has 2 aromatic heterocycles. The number of aliphatic carboxylic acids is 1. The normalized spacial score (nSPS) is 16.0. The first-order chi connectivity index (χ1) is 12.1. The van der Waals surface area contributed by atoms with Gasteiger partial charge < -0.3 is 10.4 Å². The minimum Gasteiger partial charge on any atom is -0.481 e. The first kappa shape index (κ1) is 15.3. The highest BCUT2D eigenvalue weighted by molar-refractivity contribution is 6.05. The number of anilines is 1. The van der Waals surface area contributed by atoms with Gasteiger partial charge in [0.1, 0.15) is 12.2 Å². The molecule has 3 heterocycles. The van der Waals surface area contributed by atoms with Gasteiger partial charge in [0.25, 0.3) is 0 Å². The van der Waals surface area contributed by atoms with E-state index in [9.17, 15) is 9.59 Å². The van der Waals surface area contributed by atoms with E-state index >= 15 is 0 Å². The minimum atomic E-state index is -0.843. The van der Waals surface area contributed by atoms with Gasteiger partial charge in [-0.15, -0.1) is 0 Å². The molecule has 1 aromatic carbocycles. The summed E-state index contributed by atoms with van der Waals surface area (Å²) in [5.74, 6) is -1.46. The quantitative estimate of drug-likeness (QED) is 0.761. The van der Waals surface area contributed by atoms with Crippen LogP contribution in [-0.2, 0) is 16.0 Å².